The van der Waals surface area contributed by atoms with E-state index in [1.807, 2.05) is 0 Å². The molecule has 1 rings (SSSR count). The number of benzene rings is 1. The molecule has 1 aromatic rings. The van der Waals surface area contributed by atoms with E-state index in [0.29, 0.717) is 5.56 Å². The van der Waals surface area contributed by atoms with E-state index >= 15 is 0 Å². The highest BCUT2D eigenvalue weighted by Gasteiger charge is 2.45. The lowest BCUT2D eigenvalue weighted by Crippen LogP contribution is -2.58. The molecule has 0 aliphatic carbocycles. The van der Waals surface area contributed by atoms with Gasteiger partial charge in [0, 0.05) is 5.41 Å². The van der Waals surface area contributed by atoms with E-state index in [1.54, 1.807) is 19.9 Å². The fourth-order valence-corrected chi connectivity index (χ4v) is 1.48. The largest absolute Gasteiger partial charge is 0.504 e. The van der Waals surface area contributed by atoms with Gasteiger partial charge >= 0.3 is 5.97 Å². The maximum atomic E-state index is 11.2. The van der Waals surface area contributed by atoms with E-state index in [-0.39, 0.29) is 11.5 Å². The predicted octanol–water partition coefficient (Wildman–Crippen LogP) is 1.18. The molecule has 1 atom stereocenters. The summed E-state index contributed by atoms with van der Waals surface area (Å²) in [5, 5.41) is 27.8. The van der Waals surface area contributed by atoms with Crippen LogP contribution in [0.3, 0.4) is 0 Å². The lowest BCUT2D eigenvalue weighted by molar-refractivity contribution is -0.145. The normalized spacial score (nSPS) is 15.3. The zero-order chi connectivity index (χ0) is 13.4. The summed E-state index contributed by atoms with van der Waals surface area (Å²) in [7, 11) is 0. The van der Waals surface area contributed by atoms with Crippen LogP contribution < -0.4 is 5.73 Å². The molecule has 5 heteroatoms. The molecule has 0 radical (unpaired) electrons. The average Bonchev–Trinajstić information content (AvgIpc) is 2.21. The van der Waals surface area contributed by atoms with Crippen LogP contribution in [0.5, 0.6) is 11.5 Å². The molecule has 1 aromatic carbocycles. The monoisotopic (exact) mass is 239 g/mol. The topological polar surface area (TPSA) is 104 Å². The van der Waals surface area contributed by atoms with Gasteiger partial charge in [-0.05, 0) is 24.6 Å². The van der Waals surface area contributed by atoms with E-state index in [1.165, 1.54) is 19.1 Å². The molecule has 0 spiro atoms. The van der Waals surface area contributed by atoms with Gasteiger partial charge in [-0.2, -0.15) is 0 Å². The maximum Gasteiger partial charge on any atom is 0.324 e. The summed E-state index contributed by atoms with van der Waals surface area (Å²) in [5.74, 6) is -1.68. The highest BCUT2D eigenvalue weighted by atomic mass is 16.4. The molecule has 17 heavy (non-hydrogen) atoms. The Labute approximate surface area is 99.5 Å². The fourth-order valence-electron chi connectivity index (χ4n) is 1.48. The van der Waals surface area contributed by atoms with Crippen molar-refractivity contribution < 1.29 is 20.1 Å². The number of carboxylic acid groups (broad SMARTS) is 1. The first kappa shape index (κ1) is 13.3. The van der Waals surface area contributed by atoms with Crippen molar-refractivity contribution in [3.63, 3.8) is 0 Å². The van der Waals surface area contributed by atoms with Crippen molar-refractivity contribution in [1.29, 1.82) is 0 Å². The molecule has 0 bridgehead atoms. The van der Waals surface area contributed by atoms with Crippen LogP contribution in [-0.4, -0.2) is 26.8 Å². The van der Waals surface area contributed by atoms with Gasteiger partial charge in [0.25, 0.3) is 0 Å². The summed E-state index contributed by atoms with van der Waals surface area (Å²) < 4.78 is 0. The standard InChI is InChI=1S/C12H17NO4/c1-11(2,12(3,13)10(16)17)7-4-5-8(14)9(15)6-7/h4-6,14-15H,13H2,1-3H3,(H,16,17). The minimum absolute atomic E-state index is 0.251. The highest BCUT2D eigenvalue weighted by molar-refractivity contribution is 5.80. The Bertz CT molecular complexity index is 452. The first-order valence-corrected chi connectivity index (χ1v) is 5.15. The number of aromatic hydroxyl groups is 2. The van der Waals surface area contributed by atoms with Gasteiger partial charge in [-0.1, -0.05) is 19.9 Å². The molecule has 0 aliphatic heterocycles. The summed E-state index contributed by atoms with van der Waals surface area (Å²) >= 11 is 0. The molecular weight excluding hydrogens is 222 g/mol. The molecule has 5 N–H and O–H groups in total. The number of carboxylic acids is 1. The number of hydrogen-bond acceptors (Lipinski definition) is 4. The van der Waals surface area contributed by atoms with E-state index in [9.17, 15) is 15.0 Å². The molecule has 0 amide bonds. The fraction of sp³-hybridized carbons (Fsp3) is 0.417. The van der Waals surface area contributed by atoms with Crippen molar-refractivity contribution in [3.8, 4) is 11.5 Å². The minimum atomic E-state index is -1.49. The van der Waals surface area contributed by atoms with E-state index < -0.39 is 16.9 Å². The number of carbonyl (C=O) groups is 1. The molecule has 5 nitrogen and oxygen atoms in total. The van der Waals surface area contributed by atoms with Gasteiger partial charge in [0.1, 0.15) is 5.54 Å². The average molecular weight is 239 g/mol. The van der Waals surface area contributed by atoms with E-state index in [2.05, 4.69) is 0 Å². The van der Waals surface area contributed by atoms with Crippen molar-refractivity contribution >= 4 is 5.97 Å². The zero-order valence-corrected chi connectivity index (χ0v) is 10.1. The van der Waals surface area contributed by atoms with Gasteiger partial charge in [-0.3, -0.25) is 4.79 Å². The van der Waals surface area contributed by atoms with Gasteiger partial charge < -0.3 is 21.1 Å². The Morgan fingerprint density at radius 1 is 1.18 bits per heavy atom. The Morgan fingerprint density at radius 2 is 1.71 bits per heavy atom. The number of aliphatic carboxylic acids is 1. The second-order valence-corrected chi connectivity index (χ2v) is 4.84. The third kappa shape index (κ3) is 2.06. The van der Waals surface area contributed by atoms with Crippen LogP contribution >= 0.6 is 0 Å². The molecule has 0 saturated heterocycles. The number of hydrogen-bond donors (Lipinski definition) is 4. The third-order valence-electron chi connectivity index (χ3n) is 3.44. The Hall–Kier alpha value is -1.75. The van der Waals surface area contributed by atoms with Gasteiger partial charge in [0.2, 0.25) is 0 Å². The van der Waals surface area contributed by atoms with Crippen molar-refractivity contribution in [3.05, 3.63) is 23.8 Å². The maximum absolute atomic E-state index is 11.2. The van der Waals surface area contributed by atoms with Crippen molar-refractivity contribution in [1.82, 2.24) is 0 Å². The molecule has 0 saturated carbocycles. The van der Waals surface area contributed by atoms with Crippen LogP contribution in [0.2, 0.25) is 0 Å². The van der Waals surface area contributed by atoms with Crippen LogP contribution in [-0.2, 0) is 10.2 Å². The van der Waals surface area contributed by atoms with Crippen molar-refractivity contribution in [2.45, 2.75) is 31.7 Å². The third-order valence-corrected chi connectivity index (χ3v) is 3.44. The Kier molecular flexibility index (Phi) is 3.07. The van der Waals surface area contributed by atoms with Crippen LogP contribution in [0.25, 0.3) is 0 Å². The van der Waals surface area contributed by atoms with Crippen LogP contribution in [0.15, 0.2) is 18.2 Å². The summed E-state index contributed by atoms with van der Waals surface area (Å²) in [6.45, 7) is 4.76. The first-order valence-electron chi connectivity index (χ1n) is 5.15. The summed E-state index contributed by atoms with van der Waals surface area (Å²) in [4.78, 5) is 11.2. The molecule has 0 heterocycles. The smallest absolute Gasteiger partial charge is 0.324 e. The Balaban J connectivity index is 3.30. The quantitative estimate of drug-likeness (QED) is 0.593. The van der Waals surface area contributed by atoms with Gasteiger partial charge in [-0.25, -0.2) is 0 Å². The summed E-state index contributed by atoms with van der Waals surface area (Å²) in [5.41, 5.74) is 3.97. The van der Waals surface area contributed by atoms with E-state index in [0.717, 1.165) is 0 Å². The second-order valence-electron chi connectivity index (χ2n) is 4.84. The van der Waals surface area contributed by atoms with Crippen molar-refractivity contribution in [2.75, 3.05) is 0 Å². The molecule has 94 valence electrons. The van der Waals surface area contributed by atoms with Gasteiger partial charge in [0.05, 0.1) is 0 Å². The molecule has 0 aromatic heterocycles. The number of phenols is 2. The summed E-state index contributed by atoms with van der Waals surface area (Å²) in [6, 6.07) is 4.18. The molecule has 0 fully saturated rings. The highest BCUT2D eigenvalue weighted by Crippen LogP contribution is 2.37. The number of nitrogens with two attached hydrogens (primary N) is 1. The molecule has 0 aliphatic rings. The van der Waals surface area contributed by atoms with Crippen LogP contribution in [0, 0.1) is 0 Å². The molecular formula is C12H17NO4. The van der Waals surface area contributed by atoms with E-state index in [4.69, 9.17) is 10.8 Å². The minimum Gasteiger partial charge on any atom is -0.504 e. The predicted molar refractivity (Wildman–Crippen MR) is 63.0 cm³/mol. The number of phenolic OH excluding ortho intramolecular Hbond substituents is 2. The zero-order valence-electron chi connectivity index (χ0n) is 10.1. The molecule has 1 unspecified atom stereocenters. The lowest BCUT2D eigenvalue weighted by atomic mass is 9.69. The van der Waals surface area contributed by atoms with Gasteiger partial charge in [-0.15, -0.1) is 0 Å². The van der Waals surface area contributed by atoms with Crippen LogP contribution in [0.1, 0.15) is 26.3 Å². The second kappa shape index (κ2) is 3.92. The lowest BCUT2D eigenvalue weighted by Gasteiger charge is -2.38. The summed E-state index contributed by atoms with van der Waals surface area (Å²) in [6.07, 6.45) is 0. The SMILES string of the molecule is CC(N)(C(=O)O)C(C)(C)c1ccc(O)c(O)c1. The van der Waals surface area contributed by atoms with Crippen molar-refractivity contribution in [2.24, 2.45) is 5.73 Å². The Morgan fingerprint density at radius 3 is 2.12 bits per heavy atom. The number of rotatable bonds is 3. The van der Waals surface area contributed by atoms with Gasteiger partial charge in [0.15, 0.2) is 11.5 Å². The van der Waals surface area contributed by atoms with Crippen LogP contribution in [0.4, 0.5) is 0 Å². The first-order chi connectivity index (χ1) is 7.60.